The fourth-order valence-electron chi connectivity index (χ4n) is 1.69. The molecule has 0 aromatic heterocycles. The first-order chi connectivity index (χ1) is 6.49. The monoisotopic (exact) mass is 257 g/mol. The Morgan fingerprint density at radius 2 is 2.00 bits per heavy atom. The summed E-state index contributed by atoms with van der Waals surface area (Å²) < 4.78 is 6.46. The lowest BCUT2D eigenvalue weighted by Crippen LogP contribution is -2.10. The predicted octanol–water partition coefficient (Wildman–Crippen LogP) is 3.09. The molecule has 0 saturated carbocycles. The van der Waals surface area contributed by atoms with E-state index in [-0.39, 0.29) is 6.04 Å². The molecule has 0 saturated heterocycles. The van der Waals surface area contributed by atoms with Gasteiger partial charge in [0.2, 0.25) is 0 Å². The van der Waals surface area contributed by atoms with Crippen molar-refractivity contribution in [3.8, 4) is 5.75 Å². The lowest BCUT2D eigenvalue weighted by molar-refractivity contribution is 0.403. The van der Waals surface area contributed by atoms with Crippen molar-refractivity contribution in [3.05, 3.63) is 27.2 Å². The van der Waals surface area contributed by atoms with Crippen LogP contribution in [0.2, 0.25) is 0 Å². The average molecular weight is 258 g/mol. The highest BCUT2D eigenvalue weighted by Gasteiger charge is 2.15. The molecule has 0 amide bonds. The largest absolute Gasteiger partial charge is 0.496 e. The Balaban J connectivity index is 3.47. The van der Waals surface area contributed by atoms with Crippen LogP contribution < -0.4 is 10.5 Å². The van der Waals surface area contributed by atoms with Gasteiger partial charge in [-0.05, 0) is 32.4 Å². The number of hydrogen-bond donors (Lipinski definition) is 1. The van der Waals surface area contributed by atoms with Crippen molar-refractivity contribution >= 4 is 15.9 Å². The summed E-state index contributed by atoms with van der Waals surface area (Å²) in [5.41, 5.74) is 9.27. The van der Waals surface area contributed by atoms with Gasteiger partial charge in [0.25, 0.3) is 0 Å². The lowest BCUT2D eigenvalue weighted by atomic mass is 9.99. The Hall–Kier alpha value is -0.540. The molecular weight excluding hydrogens is 242 g/mol. The van der Waals surface area contributed by atoms with Gasteiger partial charge >= 0.3 is 0 Å². The van der Waals surface area contributed by atoms with Gasteiger partial charge in [-0.3, -0.25) is 0 Å². The van der Waals surface area contributed by atoms with Crippen LogP contribution in [0.4, 0.5) is 0 Å². The summed E-state index contributed by atoms with van der Waals surface area (Å²) in [5.74, 6) is 0.895. The smallest absolute Gasteiger partial charge is 0.127 e. The maximum absolute atomic E-state index is 5.91. The molecule has 3 heteroatoms. The number of ether oxygens (including phenoxy) is 1. The van der Waals surface area contributed by atoms with Crippen molar-refractivity contribution in [1.29, 1.82) is 0 Å². The Morgan fingerprint density at radius 3 is 2.43 bits per heavy atom. The molecule has 1 atom stereocenters. The van der Waals surface area contributed by atoms with Crippen LogP contribution in [0.15, 0.2) is 10.5 Å². The van der Waals surface area contributed by atoms with Gasteiger partial charge in [0.1, 0.15) is 5.75 Å². The molecule has 2 N–H and O–H groups in total. The molecular formula is C11H16BrNO. The SMILES string of the molecule is COc1c(C)c(Br)cc(C)c1C(C)N. The number of halogens is 1. The van der Waals surface area contributed by atoms with Crippen LogP contribution >= 0.6 is 15.9 Å². The fourth-order valence-corrected chi connectivity index (χ4v) is 2.22. The zero-order chi connectivity index (χ0) is 10.9. The van der Waals surface area contributed by atoms with Crippen LogP contribution in [0, 0.1) is 13.8 Å². The standard InChI is InChI=1S/C11H16BrNO/c1-6-5-9(12)7(2)11(14-4)10(6)8(3)13/h5,8H,13H2,1-4H3. The molecule has 0 aliphatic rings. The first-order valence-electron chi connectivity index (χ1n) is 4.58. The van der Waals surface area contributed by atoms with Gasteiger partial charge in [0, 0.05) is 21.6 Å². The number of rotatable bonds is 2. The van der Waals surface area contributed by atoms with E-state index in [0.29, 0.717) is 0 Å². The highest BCUT2D eigenvalue weighted by molar-refractivity contribution is 9.10. The topological polar surface area (TPSA) is 35.2 Å². The van der Waals surface area contributed by atoms with E-state index in [0.717, 1.165) is 26.9 Å². The van der Waals surface area contributed by atoms with E-state index in [9.17, 15) is 0 Å². The van der Waals surface area contributed by atoms with Gasteiger partial charge in [0.05, 0.1) is 7.11 Å². The van der Waals surface area contributed by atoms with Gasteiger partial charge < -0.3 is 10.5 Å². The van der Waals surface area contributed by atoms with Crippen LogP contribution in [-0.2, 0) is 0 Å². The Kier molecular flexibility index (Phi) is 3.56. The summed E-state index contributed by atoms with van der Waals surface area (Å²) in [6.45, 7) is 6.04. The average Bonchev–Trinajstić information content (AvgIpc) is 2.09. The van der Waals surface area contributed by atoms with Gasteiger partial charge in [-0.25, -0.2) is 0 Å². The molecule has 0 fully saturated rings. The van der Waals surface area contributed by atoms with E-state index in [1.165, 1.54) is 0 Å². The summed E-state index contributed by atoms with van der Waals surface area (Å²) in [6.07, 6.45) is 0. The molecule has 1 unspecified atom stereocenters. The molecule has 1 aromatic carbocycles. The minimum absolute atomic E-state index is 0.00301. The van der Waals surface area contributed by atoms with E-state index < -0.39 is 0 Å². The number of aryl methyl sites for hydroxylation is 1. The Labute approximate surface area is 93.6 Å². The second-order valence-electron chi connectivity index (χ2n) is 3.54. The van der Waals surface area contributed by atoms with E-state index >= 15 is 0 Å². The van der Waals surface area contributed by atoms with Crippen molar-refractivity contribution in [1.82, 2.24) is 0 Å². The van der Waals surface area contributed by atoms with E-state index in [1.807, 2.05) is 20.8 Å². The van der Waals surface area contributed by atoms with Crippen molar-refractivity contribution in [2.45, 2.75) is 26.8 Å². The van der Waals surface area contributed by atoms with E-state index in [2.05, 4.69) is 22.0 Å². The molecule has 1 aromatic rings. The normalized spacial score (nSPS) is 12.7. The second kappa shape index (κ2) is 4.32. The fraction of sp³-hybridized carbons (Fsp3) is 0.455. The molecule has 14 heavy (non-hydrogen) atoms. The zero-order valence-electron chi connectivity index (χ0n) is 9.02. The van der Waals surface area contributed by atoms with Crippen LogP contribution in [-0.4, -0.2) is 7.11 Å². The predicted molar refractivity (Wildman–Crippen MR) is 62.8 cm³/mol. The van der Waals surface area contributed by atoms with Crippen molar-refractivity contribution in [2.75, 3.05) is 7.11 Å². The van der Waals surface area contributed by atoms with Crippen molar-refractivity contribution in [3.63, 3.8) is 0 Å². The molecule has 2 nitrogen and oxygen atoms in total. The first-order valence-corrected chi connectivity index (χ1v) is 5.37. The summed E-state index contributed by atoms with van der Waals surface area (Å²) >= 11 is 3.50. The first kappa shape index (κ1) is 11.5. The number of methoxy groups -OCH3 is 1. The maximum atomic E-state index is 5.91. The van der Waals surface area contributed by atoms with E-state index in [1.54, 1.807) is 7.11 Å². The molecule has 0 aliphatic heterocycles. The zero-order valence-corrected chi connectivity index (χ0v) is 10.6. The van der Waals surface area contributed by atoms with Gasteiger partial charge in [-0.15, -0.1) is 0 Å². The number of nitrogens with two attached hydrogens (primary N) is 1. The number of hydrogen-bond acceptors (Lipinski definition) is 2. The van der Waals surface area contributed by atoms with Crippen molar-refractivity contribution in [2.24, 2.45) is 5.73 Å². The molecule has 0 heterocycles. The summed E-state index contributed by atoms with van der Waals surface area (Å²) in [6, 6.07) is 2.08. The van der Waals surface area contributed by atoms with Gasteiger partial charge in [-0.1, -0.05) is 15.9 Å². The third kappa shape index (κ3) is 1.93. The molecule has 0 radical (unpaired) electrons. The van der Waals surface area contributed by atoms with Crippen LogP contribution in [0.1, 0.15) is 29.7 Å². The van der Waals surface area contributed by atoms with Crippen LogP contribution in [0.25, 0.3) is 0 Å². The lowest BCUT2D eigenvalue weighted by Gasteiger charge is -2.18. The minimum Gasteiger partial charge on any atom is -0.496 e. The molecule has 78 valence electrons. The van der Waals surface area contributed by atoms with Gasteiger partial charge in [-0.2, -0.15) is 0 Å². The molecule has 0 spiro atoms. The van der Waals surface area contributed by atoms with Gasteiger partial charge in [0.15, 0.2) is 0 Å². The molecule has 0 aliphatic carbocycles. The summed E-state index contributed by atoms with van der Waals surface area (Å²) in [4.78, 5) is 0. The highest BCUT2D eigenvalue weighted by atomic mass is 79.9. The minimum atomic E-state index is -0.00301. The van der Waals surface area contributed by atoms with Crippen molar-refractivity contribution < 1.29 is 4.74 Å². The third-order valence-corrected chi connectivity index (χ3v) is 3.19. The van der Waals surface area contributed by atoms with Crippen LogP contribution in [0.5, 0.6) is 5.75 Å². The molecule has 0 bridgehead atoms. The maximum Gasteiger partial charge on any atom is 0.127 e. The third-order valence-electron chi connectivity index (χ3n) is 2.37. The van der Waals surface area contributed by atoms with E-state index in [4.69, 9.17) is 10.5 Å². The quantitative estimate of drug-likeness (QED) is 0.884. The highest BCUT2D eigenvalue weighted by Crippen LogP contribution is 2.35. The summed E-state index contributed by atoms with van der Waals surface area (Å²) in [7, 11) is 1.68. The summed E-state index contributed by atoms with van der Waals surface area (Å²) in [5, 5.41) is 0. The Bertz CT molecular complexity index is 348. The molecule has 1 rings (SSSR count). The number of benzene rings is 1. The Morgan fingerprint density at radius 1 is 1.43 bits per heavy atom. The van der Waals surface area contributed by atoms with Crippen LogP contribution in [0.3, 0.4) is 0 Å². The second-order valence-corrected chi connectivity index (χ2v) is 4.39.